The summed E-state index contributed by atoms with van der Waals surface area (Å²) in [5.41, 5.74) is 0.864. The topological polar surface area (TPSA) is 92.3 Å². The predicted molar refractivity (Wildman–Crippen MR) is 99.8 cm³/mol. The van der Waals surface area contributed by atoms with Crippen LogP contribution in [0.5, 0.6) is 0 Å². The van der Waals surface area contributed by atoms with Gasteiger partial charge < -0.3 is 20.3 Å². The molecule has 8 nitrogen and oxygen atoms in total. The second-order valence-electron chi connectivity index (χ2n) is 5.90. The summed E-state index contributed by atoms with van der Waals surface area (Å²) in [5, 5.41) is 15.1. The zero-order valence-electron chi connectivity index (χ0n) is 14.5. The number of benzene rings is 1. The van der Waals surface area contributed by atoms with Crippen molar-refractivity contribution in [1.29, 1.82) is 0 Å². The van der Waals surface area contributed by atoms with E-state index >= 15 is 0 Å². The highest BCUT2D eigenvalue weighted by molar-refractivity contribution is 6.30. The third-order valence-corrected chi connectivity index (χ3v) is 4.28. The second kappa shape index (κ2) is 8.66. The summed E-state index contributed by atoms with van der Waals surface area (Å²) in [6.07, 6.45) is 2.91. The molecule has 1 fully saturated rings. The second-order valence-corrected chi connectivity index (χ2v) is 6.34. The molecule has 1 saturated heterocycles. The van der Waals surface area contributed by atoms with E-state index in [1.165, 1.54) is 0 Å². The summed E-state index contributed by atoms with van der Waals surface area (Å²) in [5.74, 6) is 1.05. The maximum Gasteiger partial charge on any atom is 0.409 e. The van der Waals surface area contributed by atoms with Crippen LogP contribution in [0, 0.1) is 0 Å². The summed E-state index contributed by atoms with van der Waals surface area (Å²) < 4.78 is 5.03. The highest BCUT2D eigenvalue weighted by Gasteiger charge is 2.24. The molecule has 1 aromatic heterocycles. The average molecular weight is 377 g/mol. The van der Waals surface area contributed by atoms with Gasteiger partial charge in [-0.05, 0) is 44.0 Å². The lowest BCUT2D eigenvalue weighted by Gasteiger charge is -2.31. The van der Waals surface area contributed by atoms with E-state index < -0.39 is 0 Å². The smallest absolute Gasteiger partial charge is 0.409 e. The van der Waals surface area contributed by atoms with Gasteiger partial charge in [0.1, 0.15) is 0 Å². The SMILES string of the molecule is CCOC(=O)N1CCC(Nc2nncc(Nc3ccc(Cl)cc3)n2)CC1. The van der Waals surface area contributed by atoms with Gasteiger partial charge in [-0.2, -0.15) is 10.1 Å². The van der Waals surface area contributed by atoms with Gasteiger partial charge in [0.25, 0.3) is 0 Å². The number of carbonyl (C=O) groups is 1. The number of rotatable bonds is 5. The van der Waals surface area contributed by atoms with Gasteiger partial charge in [-0.25, -0.2) is 4.79 Å². The van der Waals surface area contributed by atoms with Crippen LogP contribution in [-0.2, 0) is 4.74 Å². The van der Waals surface area contributed by atoms with E-state index in [1.54, 1.807) is 23.2 Å². The molecule has 0 atom stereocenters. The third kappa shape index (κ3) is 4.95. The van der Waals surface area contributed by atoms with Crippen LogP contribution in [0.25, 0.3) is 0 Å². The van der Waals surface area contributed by atoms with E-state index in [1.807, 2.05) is 19.1 Å². The van der Waals surface area contributed by atoms with Crippen molar-refractivity contribution in [2.75, 3.05) is 30.3 Å². The molecule has 2 heterocycles. The van der Waals surface area contributed by atoms with Gasteiger partial charge in [0.05, 0.1) is 12.8 Å². The Morgan fingerprint density at radius 2 is 2.04 bits per heavy atom. The number of amides is 1. The molecule has 9 heteroatoms. The van der Waals surface area contributed by atoms with Gasteiger partial charge in [-0.1, -0.05) is 11.6 Å². The summed E-state index contributed by atoms with van der Waals surface area (Å²) in [7, 11) is 0. The molecule has 2 N–H and O–H groups in total. The van der Waals surface area contributed by atoms with Crippen LogP contribution in [0.2, 0.25) is 5.02 Å². The minimum absolute atomic E-state index is 0.188. The van der Waals surface area contributed by atoms with Crippen molar-refractivity contribution in [2.45, 2.75) is 25.8 Å². The number of hydrogen-bond donors (Lipinski definition) is 2. The molecule has 0 spiro atoms. The molecule has 1 aromatic carbocycles. The predicted octanol–water partition coefficient (Wildman–Crippen LogP) is 3.30. The fraction of sp³-hybridized carbons (Fsp3) is 0.412. The third-order valence-electron chi connectivity index (χ3n) is 4.03. The van der Waals surface area contributed by atoms with Crippen molar-refractivity contribution in [1.82, 2.24) is 20.1 Å². The van der Waals surface area contributed by atoms with E-state index in [-0.39, 0.29) is 12.1 Å². The van der Waals surface area contributed by atoms with E-state index in [2.05, 4.69) is 25.8 Å². The molecule has 2 aromatic rings. The highest BCUT2D eigenvalue weighted by Crippen LogP contribution is 2.19. The summed E-state index contributed by atoms with van der Waals surface area (Å²) in [6, 6.07) is 7.52. The number of ether oxygens (including phenoxy) is 1. The Hall–Kier alpha value is -2.61. The average Bonchev–Trinajstić information content (AvgIpc) is 2.65. The molecule has 0 saturated carbocycles. The van der Waals surface area contributed by atoms with Crippen molar-refractivity contribution in [3.63, 3.8) is 0 Å². The van der Waals surface area contributed by atoms with Gasteiger partial charge in [0, 0.05) is 29.8 Å². The summed E-state index contributed by atoms with van der Waals surface area (Å²) >= 11 is 5.89. The Balaban J connectivity index is 1.54. The lowest BCUT2D eigenvalue weighted by molar-refractivity contribution is 0.0983. The standard InChI is InChI=1S/C17H21ClN6O2/c1-2-26-17(25)24-9-7-14(8-10-24)21-16-22-15(11-19-23-16)20-13-5-3-12(18)4-6-13/h3-6,11,14H,2,7-10H2,1H3,(H2,20,21,22,23). The quantitative estimate of drug-likeness (QED) is 0.826. The summed E-state index contributed by atoms with van der Waals surface area (Å²) in [4.78, 5) is 17.9. The maximum atomic E-state index is 11.7. The van der Waals surface area contributed by atoms with Crippen molar-refractivity contribution < 1.29 is 9.53 Å². The molecule has 1 aliphatic rings. The maximum absolute atomic E-state index is 11.7. The Labute approximate surface area is 156 Å². The number of anilines is 3. The van der Waals surface area contributed by atoms with Gasteiger partial charge in [-0.15, -0.1) is 5.10 Å². The van der Waals surface area contributed by atoms with E-state index in [0.29, 0.717) is 36.5 Å². The Morgan fingerprint density at radius 3 is 2.73 bits per heavy atom. The van der Waals surface area contributed by atoms with Crippen LogP contribution in [0.3, 0.4) is 0 Å². The number of likely N-dealkylation sites (tertiary alicyclic amines) is 1. The van der Waals surface area contributed by atoms with E-state index in [4.69, 9.17) is 16.3 Å². The first-order valence-corrected chi connectivity index (χ1v) is 8.92. The Morgan fingerprint density at radius 1 is 1.31 bits per heavy atom. The minimum atomic E-state index is -0.252. The fourth-order valence-corrected chi connectivity index (χ4v) is 2.84. The molecule has 0 bridgehead atoms. The van der Waals surface area contributed by atoms with Crippen molar-refractivity contribution in [3.8, 4) is 0 Å². The van der Waals surface area contributed by atoms with Crippen molar-refractivity contribution >= 4 is 35.1 Å². The van der Waals surface area contributed by atoms with Gasteiger partial charge in [0.2, 0.25) is 5.95 Å². The molecular weight excluding hydrogens is 356 g/mol. The largest absolute Gasteiger partial charge is 0.450 e. The lowest BCUT2D eigenvalue weighted by atomic mass is 10.1. The van der Waals surface area contributed by atoms with Crippen LogP contribution in [0.1, 0.15) is 19.8 Å². The number of nitrogens with zero attached hydrogens (tertiary/aromatic N) is 4. The molecule has 0 unspecified atom stereocenters. The molecule has 26 heavy (non-hydrogen) atoms. The van der Waals surface area contributed by atoms with Crippen molar-refractivity contribution in [3.05, 3.63) is 35.5 Å². The number of halogens is 1. The highest BCUT2D eigenvalue weighted by atomic mass is 35.5. The number of piperidine rings is 1. The molecular formula is C17H21ClN6O2. The van der Waals surface area contributed by atoms with Gasteiger partial charge in [-0.3, -0.25) is 0 Å². The van der Waals surface area contributed by atoms with Crippen LogP contribution in [-0.4, -0.2) is 51.9 Å². The zero-order valence-corrected chi connectivity index (χ0v) is 15.2. The van der Waals surface area contributed by atoms with E-state index in [9.17, 15) is 4.79 Å². The first-order valence-electron chi connectivity index (χ1n) is 8.54. The van der Waals surface area contributed by atoms with Crippen LogP contribution in [0.4, 0.5) is 22.2 Å². The first kappa shape index (κ1) is 18.2. The number of carbonyl (C=O) groups excluding carboxylic acids is 1. The van der Waals surface area contributed by atoms with Crippen LogP contribution in [0.15, 0.2) is 30.5 Å². The van der Waals surface area contributed by atoms with Crippen molar-refractivity contribution in [2.24, 2.45) is 0 Å². The normalized spacial score (nSPS) is 14.8. The molecule has 0 radical (unpaired) electrons. The number of hydrogen-bond acceptors (Lipinski definition) is 7. The molecule has 0 aliphatic carbocycles. The monoisotopic (exact) mass is 376 g/mol. The zero-order chi connectivity index (χ0) is 18.4. The first-order chi connectivity index (χ1) is 12.6. The van der Waals surface area contributed by atoms with Crippen LogP contribution >= 0.6 is 11.6 Å². The minimum Gasteiger partial charge on any atom is -0.450 e. The molecule has 3 rings (SSSR count). The number of nitrogens with one attached hydrogen (secondary N) is 2. The van der Waals surface area contributed by atoms with Gasteiger partial charge in [0.15, 0.2) is 5.82 Å². The summed E-state index contributed by atoms with van der Waals surface area (Å²) in [6.45, 7) is 3.49. The van der Waals surface area contributed by atoms with Gasteiger partial charge >= 0.3 is 6.09 Å². The molecule has 1 aliphatic heterocycles. The molecule has 1 amide bonds. The van der Waals surface area contributed by atoms with E-state index in [0.717, 1.165) is 18.5 Å². The number of aromatic nitrogens is 3. The lowest BCUT2D eigenvalue weighted by Crippen LogP contribution is -2.42. The fourth-order valence-electron chi connectivity index (χ4n) is 2.71. The Bertz CT molecular complexity index is 734. The Kier molecular flexibility index (Phi) is 6.06. The molecule has 138 valence electrons. The van der Waals surface area contributed by atoms with Crippen LogP contribution < -0.4 is 10.6 Å².